The van der Waals surface area contributed by atoms with Crippen molar-refractivity contribution in [3.05, 3.63) is 54.2 Å². The van der Waals surface area contributed by atoms with Crippen LogP contribution in [0.25, 0.3) is 0 Å². The Hall–Kier alpha value is -3.40. The zero-order valence-corrected chi connectivity index (χ0v) is 19.7. The van der Waals surface area contributed by atoms with Crippen molar-refractivity contribution < 1.29 is 23.2 Å². The molecule has 0 bridgehead atoms. The fraction of sp³-hybridized carbons (Fsp3) is 0.480. The highest BCUT2D eigenvalue weighted by molar-refractivity contribution is 6.35. The predicted octanol–water partition coefficient (Wildman–Crippen LogP) is 1.53. The molecular weight excluding hydrogens is 453 g/mol. The van der Waals surface area contributed by atoms with Crippen molar-refractivity contribution in [1.29, 1.82) is 0 Å². The van der Waals surface area contributed by atoms with Gasteiger partial charge in [-0.1, -0.05) is 0 Å². The molecule has 2 aliphatic rings. The number of likely N-dealkylation sites (tertiary alicyclic amines) is 1. The van der Waals surface area contributed by atoms with Gasteiger partial charge in [0.25, 0.3) is 0 Å². The van der Waals surface area contributed by atoms with Gasteiger partial charge >= 0.3 is 11.8 Å². The minimum atomic E-state index is -0.691. The predicted molar refractivity (Wildman–Crippen MR) is 128 cm³/mol. The first-order chi connectivity index (χ1) is 17.0. The highest BCUT2D eigenvalue weighted by atomic mass is 19.1. The van der Waals surface area contributed by atoms with Crippen molar-refractivity contribution in [2.75, 3.05) is 57.3 Å². The summed E-state index contributed by atoms with van der Waals surface area (Å²) in [4.78, 5) is 42.4. The number of amides is 3. The van der Waals surface area contributed by atoms with Gasteiger partial charge in [-0.05, 0) is 49.2 Å². The smallest absolute Gasteiger partial charge is 0.309 e. The lowest BCUT2D eigenvalue weighted by Gasteiger charge is -2.39. The summed E-state index contributed by atoms with van der Waals surface area (Å²) in [6.45, 7) is 4.86. The van der Waals surface area contributed by atoms with Gasteiger partial charge in [-0.25, -0.2) is 4.39 Å². The number of rotatable bonds is 9. The SMILES string of the molecule is O=C(NCCCN1CCCC1=O)C(=O)NC[C@H](c1ccco1)N1CCN(c2ccc(F)cc2)CC1. The van der Waals surface area contributed by atoms with Crippen molar-refractivity contribution in [2.45, 2.75) is 25.3 Å². The van der Waals surface area contributed by atoms with Crippen molar-refractivity contribution in [3.63, 3.8) is 0 Å². The molecule has 0 aliphatic carbocycles. The van der Waals surface area contributed by atoms with Gasteiger partial charge in [0.1, 0.15) is 11.6 Å². The number of nitrogens with zero attached hydrogens (tertiary/aromatic N) is 3. The van der Waals surface area contributed by atoms with Crippen LogP contribution in [0.4, 0.5) is 10.1 Å². The Balaban J connectivity index is 1.24. The summed E-state index contributed by atoms with van der Waals surface area (Å²) in [6, 6.07) is 9.92. The third-order valence-electron chi connectivity index (χ3n) is 6.54. The number of hydrogen-bond donors (Lipinski definition) is 2. The Morgan fingerprint density at radius 3 is 2.40 bits per heavy atom. The summed E-state index contributed by atoms with van der Waals surface area (Å²) in [5, 5.41) is 5.36. The molecule has 188 valence electrons. The fourth-order valence-corrected chi connectivity index (χ4v) is 4.60. The number of anilines is 1. The minimum absolute atomic E-state index is 0.150. The normalized spacial score (nSPS) is 17.5. The van der Waals surface area contributed by atoms with Crippen LogP contribution in [0.3, 0.4) is 0 Å². The molecule has 1 atom stereocenters. The molecule has 0 unspecified atom stereocenters. The maximum atomic E-state index is 13.2. The van der Waals surface area contributed by atoms with E-state index in [1.54, 1.807) is 29.4 Å². The van der Waals surface area contributed by atoms with Gasteiger partial charge in [0, 0.05) is 64.5 Å². The molecule has 4 rings (SSSR count). The van der Waals surface area contributed by atoms with E-state index in [-0.39, 0.29) is 24.3 Å². The number of piperazine rings is 1. The first-order valence-corrected chi connectivity index (χ1v) is 12.1. The van der Waals surface area contributed by atoms with Crippen molar-refractivity contribution in [3.8, 4) is 0 Å². The van der Waals surface area contributed by atoms with E-state index in [9.17, 15) is 18.8 Å². The third kappa shape index (κ3) is 6.60. The maximum absolute atomic E-state index is 13.2. The van der Waals surface area contributed by atoms with Gasteiger partial charge in [-0.3, -0.25) is 19.3 Å². The van der Waals surface area contributed by atoms with Gasteiger partial charge in [-0.2, -0.15) is 0 Å². The lowest BCUT2D eigenvalue weighted by atomic mass is 10.1. The summed E-state index contributed by atoms with van der Waals surface area (Å²) >= 11 is 0. The van der Waals surface area contributed by atoms with Gasteiger partial charge in [0.05, 0.1) is 12.3 Å². The van der Waals surface area contributed by atoms with Crippen LogP contribution in [0.1, 0.15) is 31.1 Å². The third-order valence-corrected chi connectivity index (χ3v) is 6.54. The second-order valence-electron chi connectivity index (χ2n) is 8.83. The maximum Gasteiger partial charge on any atom is 0.309 e. The molecule has 2 aliphatic heterocycles. The number of halogens is 1. The second kappa shape index (κ2) is 11.8. The zero-order valence-electron chi connectivity index (χ0n) is 19.7. The number of nitrogens with one attached hydrogen (secondary N) is 2. The van der Waals surface area contributed by atoms with Crippen LogP contribution in [0, 0.1) is 5.82 Å². The zero-order chi connectivity index (χ0) is 24.6. The van der Waals surface area contributed by atoms with Gasteiger partial charge in [-0.15, -0.1) is 0 Å². The summed E-state index contributed by atoms with van der Waals surface area (Å²) < 4.78 is 18.9. The molecule has 9 nitrogen and oxygen atoms in total. The van der Waals surface area contributed by atoms with E-state index in [1.807, 2.05) is 6.07 Å². The number of benzene rings is 1. The first-order valence-electron chi connectivity index (χ1n) is 12.1. The highest BCUT2D eigenvalue weighted by Gasteiger charge is 2.28. The molecule has 0 saturated carbocycles. The Morgan fingerprint density at radius 2 is 1.74 bits per heavy atom. The largest absolute Gasteiger partial charge is 0.468 e. The fourth-order valence-electron chi connectivity index (χ4n) is 4.60. The lowest BCUT2D eigenvalue weighted by Crippen LogP contribution is -2.50. The summed E-state index contributed by atoms with van der Waals surface area (Å²) in [7, 11) is 0. The molecule has 1 aromatic heterocycles. The lowest BCUT2D eigenvalue weighted by molar-refractivity contribution is -0.139. The molecule has 0 spiro atoms. The molecule has 3 amide bonds. The van der Waals surface area contributed by atoms with Crippen LogP contribution >= 0.6 is 0 Å². The van der Waals surface area contributed by atoms with Gasteiger partial charge < -0.3 is 24.9 Å². The van der Waals surface area contributed by atoms with E-state index in [1.165, 1.54) is 12.1 Å². The molecule has 2 fully saturated rings. The van der Waals surface area contributed by atoms with E-state index >= 15 is 0 Å². The first kappa shape index (κ1) is 24.7. The molecule has 1 aromatic carbocycles. The standard InChI is InChI=1S/C25H32FN5O4/c26-19-6-8-20(9-7-19)29-13-15-30(16-14-29)21(22-4-2-17-35-22)18-28-25(34)24(33)27-10-3-12-31-11-1-5-23(31)32/h2,4,6-9,17,21H,1,3,5,10-16,18H2,(H,27,33)(H,28,34)/t21-/m1/s1. The molecule has 2 N–H and O–H groups in total. The van der Waals surface area contributed by atoms with Crippen LogP contribution in [-0.4, -0.2) is 79.9 Å². The molecule has 35 heavy (non-hydrogen) atoms. The summed E-state index contributed by atoms with van der Waals surface area (Å²) in [5.74, 6) is -0.764. The van der Waals surface area contributed by atoms with Crippen molar-refractivity contribution >= 4 is 23.4 Å². The molecule has 2 aromatic rings. The van der Waals surface area contributed by atoms with Crippen molar-refractivity contribution in [2.24, 2.45) is 0 Å². The molecule has 0 radical (unpaired) electrons. The van der Waals surface area contributed by atoms with Crippen LogP contribution in [0.5, 0.6) is 0 Å². The summed E-state index contributed by atoms with van der Waals surface area (Å²) in [5.41, 5.74) is 0.972. The molecule has 2 saturated heterocycles. The van der Waals surface area contributed by atoms with E-state index < -0.39 is 11.8 Å². The van der Waals surface area contributed by atoms with E-state index in [4.69, 9.17) is 4.42 Å². The van der Waals surface area contributed by atoms with E-state index in [2.05, 4.69) is 20.4 Å². The quantitative estimate of drug-likeness (QED) is 0.413. The Morgan fingerprint density at radius 1 is 1.00 bits per heavy atom. The van der Waals surface area contributed by atoms with E-state index in [0.29, 0.717) is 25.9 Å². The average molecular weight is 486 g/mol. The van der Waals surface area contributed by atoms with Gasteiger partial charge in [0.2, 0.25) is 5.91 Å². The number of carbonyl (C=O) groups is 3. The van der Waals surface area contributed by atoms with Crippen molar-refractivity contribution in [1.82, 2.24) is 20.4 Å². The summed E-state index contributed by atoms with van der Waals surface area (Å²) in [6.07, 6.45) is 3.67. The van der Waals surface area contributed by atoms with Crippen LogP contribution in [0.15, 0.2) is 47.1 Å². The Kier molecular flexibility index (Phi) is 8.36. The molecule has 3 heterocycles. The second-order valence-corrected chi connectivity index (χ2v) is 8.83. The highest BCUT2D eigenvalue weighted by Crippen LogP contribution is 2.24. The monoisotopic (exact) mass is 485 g/mol. The van der Waals surface area contributed by atoms with Crippen LogP contribution < -0.4 is 15.5 Å². The Bertz CT molecular complexity index is 990. The molecule has 10 heteroatoms. The number of carbonyl (C=O) groups excluding carboxylic acids is 3. The van der Waals surface area contributed by atoms with Gasteiger partial charge in [0.15, 0.2) is 0 Å². The minimum Gasteiger partial charge on any atom is -0.468 e. The molecular formula is C25H32FN5O4. The topological polar surface area (TPSA) is 98.1 Å². The van der Waals surface area contributed by atoms with Crippen LogP contribution in [-0.2, 0) is 14.4 Å². The van der Waals surface area contributed by atoms with Crippen LogP contribution in [0.2, 0.25) is 0 Å². The number of furan rings is 1. The average Bonchev–Trinajstić information content (AvgIpc) is 3.55. The number of hydrogen-bond acceptors (Lipinski definition) is 6. The van der Waals surface area contributed by atoms with E-state index in [0.717, 1.165) is 50.6 Å². The Labute approximate surface area is 204 Å².